The molecule has 6 nitrogen and oxygen atoms in total. The minimum atomic E-state index is -0.796. The number of esters is 3. The van der Waals surface area contributed by atoms with E-state index in [1.165, 1.54) is 122 Å². The lowest BCUT2D eigenvalue weighted by Crippen LogP contribution is -2.30. The van der Waals surface area contributed by atoms with Gasteiger partial charge < -0.3 is 14.2 Å². The summed E-state index contributed by atoms with van der Waals surface area (Å²) in [6.45, 7) is 6.43. The fourth-order valence-corrected chi connectivity index (χ4v) is 9.03. The standard InChI is InChI=1S/C76H124O6/c1-4-7-10-13-16-18-20-22-24-26-28-30-32-34-36-37-38-39-41-42-44-46-48-50-52-54-56-58-60-63-66-69-75(78)81-72-73(71-80-74(77)68-65-62-15-12-9-6-3)82-76(79)70-67-64-61-59-57-55-53-51-49-47-45-43-40-35-33-31-29-27-25-23-21-19-17-14-11-8-5-2/h7,10,16,18,21-24,27-30,33-36,38-39,42,44,48,50,54,56,73H,4-6,8-9,11-15,17,19-20,25-26,31-32,37,40-41,43,45-47,49,51-53,55,57-72H2,1-3H3/b10-7-,18-16-,23-21-,24-22-,29-27-,30-28-,35-33-,36-34-,39-38-,44-42-,50-48-,56-54-. The van der Waals surface area contributed by atoms with Gasteiger partial charge in [-0.05, 0) is 128 Å². The lowest BCUT2D eigenvalue weighted by Gasteiger charge is -2.18. The molecule has 0 bridgehead atoms. The second-order valence-corrected chi connectivity index (χ2v) is 22.0. The fraction of sp³-hybridized carbons (Fsp3) is 0.645. The molecule has 0 rings (SSSR count). The Balaban J connectivity index is 4.18. The molecule has 0 radical (unpaired) electrons. The Morgan fingerprint density at radius 2 is 0.476 bits per heavy atom. The lowest BCUT2D eigenvalue weighted by molar-refractivity contribution is -0.167. The SMILES string of the molecule is CC/C=C\C/C=C\C/C=C\C/C=C\C/C=C\C/C=C\C/C=C\C/C=C\C/C=C\CCCCCC(=O)OCC(COC(=O)CCCCCCCC)OC(=O)CCCCCCCCCCCCCC/C=C\C/C=C\C/C=C\CCCCCCC. The van der Waals surface area contributed by atoms with Crippen molar-refractivity contribution in [2.45, 2.75) is 303 Å². The summed E-state index contributed by atoms with van der Waals surface area (Å²) < 4.78 is 16.8. The van der Waals surface area contributed by atoms with Crippen LogP contribution in [-0.4, -0.2) is 37.2 Å². The maximum Gasteiger partial charge on any atom is 0.306 e. The Bertz CT molecular complexity index is 1780. The zero-order valence-corrected chi connectivity index (χ0v) is 53.2. The number of hydrogen-bond donors (Lipinski definition) is 0. The van der Waals surface area contributed by atoms with E-state index in [1.54, 1.807) is 0 Å². The van der Waals surface area contributed by atoms with E-state index in [1.807, 2.05) is 0 Å². The van der Waals surface area contributed by atoms with Crippen molar-refractivity contribution in [2.75, 3.05) is 13.2 Å². The molecule has 0 saturated carbocycles. The van der Waals surface area contributed by atoms with Crippen molar-refractivity contribution in [1.82, 2.24) is 0 Å². The molecule has 0 aliphatic heterocycles. The van der Waals surface area contributed by atoms with Crippen LogP contribution >= 0.6 is 0 Å². The van der Waals surface area contributed by atoms with E-state index >= 15 is 0 Å². The van der Waals surface area contributed by atoms with Gasteiger partial charge in [0.05, 0.1) is 0 Å². The summed E-state index contributed by atoms with van der Waals surface area (Å²) in [6.07, 6.45) is 99.0. The highest BCUT2D eigenvalue weighted by Gasteiger charge is 2.19. The normalized spacial score (nSPS) is 13.1. The van der Waals surface area contributed by atoms with Crippen molar-refractivity contribution in [3.8, 4) is 0 Å². The van der Waals surface area contributed by atoms with Crippen LogP contribution in [0.15, 0.2) is 146 Å². The van der Waals surface area contributed by atoms with E-state index in [-0.39, 0.29) is 31.1 Å². The molecule has 6 heteroatoms. The molecular formula is C76H124O6. The molecule has 1 atom stereocenters. The highest BCUT2D eigenvalue weighted by Crippen LogP contribution is 2.15. The second-order valence-electron chi connectivity index (χ2n) is 22.0. The Labute approximate surface area is 506 Å². The van der Waals surface area contributed by atoms with Gasteiger partial charge >= 0.3 is 17.9 Å². The molecule has 464 valence electrons. The van der Waals surface area contributed by atoms with Gasteiger partial charge in [0.25, 0.3) is 0 Å². The summed E-state index contributed by atoms with van der Waals surface area (Å²) in [7, 11) is 0. The van der Waals surface area contributed by atoms with E-state index in [9.17, 15) is 14.4 Å². The summed E-state index contributed by atoms with van der Waals surface area (Å²) in [5.74, 6) is -0.938. The van der Waals surface area contributed by atoms with Crippen LogP contribution in [0.3, 0.4) is 0 Å². The fourth-order valence-electron chi connectivity index (χ4n) is 9.03. The molecule has 82 heavy (non-hydrogen) atoms. The average molecular weight is 1130 g/mol. The van der Waals surface area contributed by atoms with E-state index in [0.717, 1.165) is 135 Å². The highest BCUT2D eigenvalue weighted by molar-refractivity contribution is 5.71. The average Bonchev–Trinajstić information content (AvgIpc) is 3.47. The Morgan fingerprint density at radius 3 is 0.756 bits per heavy atom. The van der Waals surface area contributed by atoms with Gasteiger partial charge in [0.1, 0.15) is 13.2 Å². The van der Waals surface area contributed by atoms with Crippen LogP contribution in [0, 0.1) is 0 Å². The van der Waals surface area contributed by atoms with Crippen molar-refractivity contribution in [2.24, 2.45) is 0 Å². The Hall–Kier alpha value is -4.71. The van der Waals surface area contributed by atoms with E-state index in [0.29, 0.717) is 19.3 Å². The molecule has 0 heterocycles. The number of ether oxygens (including phenoxy) is 3. The van der Waals surface area contributed by atoms with Crippen molar-refractivity contribution in [1.29, 1.82) is 0 Å². The van der Waals surface area contributed by atoms with Crippen molar-refractivity contribution >= 4 is 17.9 Å². The Morgan fingerprint density at radius 1 is 0.256 bits per heavy atom. The molecule has 0 N–H and O–H groups in total. The molecule has 0 aliphatic carbocycles. The number of unbranched alkanes of at least 4 members (excludes halogenated alkanes) is 25. The minimum Gasteiger partial charge on any atom is -0.462 e. The maximum absolute atomic E-state index is 12.9. The smallest absolute Gasteiger partial charge is 0.306 e. The number of carbonyl (C=O) groups excluding carboxylic acids is 3. The predicted molar refractivity (Wildman–Crippen MR) is 357 cm³/mol. The summed E-state index contributed by atoms with van der Waals surface area (Å²) in [5, 5.41) is 0. The van der Waals surface area contributed by atoms with Crippen LogP contribution < -0.4 is 0 Å². The first-order valence-corrected chi connectivity index (χ1v) is 33.8. The molecule has 0 amide bonds. The van der Waals surface area contributed by atoms with Gasteiger partial charge in [-0.25, -0.2) is 0 Å². The first kappa shape index (κ1) is 77.3. The van der Waals surface area contributed by atoms with E-state index in [4.69, 9.17) is 14.2 Å². The maximum atomic E-state index is 12.9. The molecule has 0 aromatic heterocycles. The molecule has 0 fully saturated rings. The van der Waals surface area contributed by atoms with Gasteiger partial charge in [-0.2, -0.15) is 0 Å². The molecular weight excluding hydrogens is 1010 g/mol. The van der Waals surface area contributed by atoms with Gasteiger partial charge in [0.15, 0.2) is 6.10 Å². The van der Waals surface area contributed by atoms with E-state index < -0.39 is 6.10 Å². The summed E-state index contributed by atoms with van der Waals surface area (Å²) >= 11 is 0. The van der Waals surface area contributed by atoms with Crippen LogP contribution in [0.25, 0.3) is 0 Å². The van der Waals surface area contributed by atoms with Gasteiger partial charge in [0.2, 0.25) is 0 Å². The lowest BCUT2D eigenvalue weighted by atomic mass is 10.0. The second kappa shape index (κ2) is 68.8. The quantitative estimate of drug-likeness (QED) is 0.0261. The van der Waals surface area contributed by atoms with Gasteiger partial charge in [-0.3, -0.25) is 14.4 Å². The number of carbonyl (C=O) groups is 3. The molecule has 0 aliphatic rings. The van der Waals surface area contributed by atoms with Gasteiger partial charge in [-0.1, -0.05) is 295 Å². The van der Waals surface area contributed by atoms with Crippen LogP contribution in [-0.2, 0) is 28.6 Å². The zero-order chi connectivity index (χ0) is 59.2. The van der Waals surface area contributed by atoms with Crippen LogP contribution in [0.1, 0.15) is 297 Å². The predicted octanol–water partition coefficient (Wildman–Crippen LogP) is 23.5. The van der Waals surface area contributed by atoms with Crippen molar-refractivity contribution in [3.05, 3.63) is 146 Å². The molecule has 0 saturated heterocycles. The van der Waals surface area contributed by atoms with Crippen LogP contribution in [0.4, 0.5) is 0 Å². The number of rotatable bonds is 60. The number of allylic oxidation sites excluding steroid dienone is 24. The zero-order valence-electron chi connectivity index (χ0n) is 53.2. The first-order chi connectivity index (χ1) is 40.5. The molecule has 0 aromatic rings. The third kappa shape index (κ3) is 66.1. The van der Waals surface area contributed by atoms with E-state index in [2.05, 4.69) is 167 Å². The third-order valence-electron chi connectivity index (χ3n) is 14.1. The highest BCUT2D eigenvalue weighted by atomic mass is 16.6. The third-order valence-corrected chi connectivity index (χ3v) is 14.1. The first-order valence-electron chi connectivity index (χ1n) is 33.8. The van der Waals surface area contributed by atoms with Crippen molar-refractivity contribution < 1.29 is 28.6 Å². The summed E-state index contributed by atoms with van der Waals surface area (Å²) in [4.78, 5) is 38.1. The molecule has 0 spiro atoms. The van der Waals surface area contributed by atoms with Gasteiger partial charge in [0, 0.05) is 19.3 Å². The van der Waals surface area contributed by atoms with Crippen LogP contribution in [0.5, 0.6) is 0 Å². The summed E-state index contributed by atoms with van der Waals surface area (Å²) in [6, 6.07) is 0. The Kier molecular flexibility index (Phi) is 64.8. The number of hydrogen-bond acceptors (Lipinski definition) is 6. The summed E-state index contributed by atoms with van der Waals surface area (Å²) in [5.41, 5.74) is 0. The van der Waals surface area contributed by atoms with Gasteiger partial charge in [-0.15, -0.1) is 0 Å². The largest absolute Gasteiger partial charge is 0.462 e. The monoisotopic (exact) mass is 1130 g/mol. The molecule has 0 aromatic carbocycles. The minimum absolute atomic E-state index is 0.0929. The molecule has 1 unspecified atom stereocenters. The van der Waals surface area contributed by atoms with Crippen LogP contribution in [0.2, 0.25) is 0 Å². The topological polar surface area (TPSA) is 78.9 Å². The van der Waals surface area contributed by atoms with Crippen molar-refractivity contribution in [3.63, 3.8) is 0 Å².